The quantitative estimate of drug-likeness (QED) is 0.554. The van der Waals surface area contributed by atoms with E-state index in [1.165, 1.54) is 0 Å². The number of hydrogen-bond acceptors (Lipinski definition) is 7. The Balaban J connectivity index is 0.00000124. The number of rotatable bonds is 7. The molecule has 1 aliphatic rings. The molecule has 3 aromatic rings. The maximum Gasteiger partial charge on any atom is 0.172 e. The average Bonchev–Trinajstić information content (AvgIpc) is 3.45. The zero-order valence-corrected chi connectivity index (χ0v) is 18.5. The molecule has 6 nitrogen and oxygen atoms in total. The molecule has 1 N–H and O–H groups in total. The van der Waals surface area contributed by atoms with Gasteiger partial charge in [0.1, 0.15) is 12.4 Å². The first-order valence-corrected chi connectivity index (χ1v) is 11.0. The summed E-state index contributed by atoms with van der Waals surface area (Å²) in [6.07, 6.45) is 3.82. The van der Waals surface area contributed by atoms with Crippen molar-refractivity contribution in [1.29, 1.82) is 0 Å². The second-order valence-electron chi connectivity index (χ2n) is 6.75. The molecule has 0 unspecified atom stereocenters. The fourth-order valence-corrected chi connectivity index (χ4v) is 3.47. The largest absolute Gasteiger partial charge is 0.486 e. The summed E-state index contributed by atoms with van der Waals surface area (Å²) < 4.78 is 6.66. The molecule has 156 valence electrons. The van der Waals surface area contributed by atoms with Gasteiger partial charge in [-0.2, -0.15) is 0 Å². The number of carbonyl (C=O) groups excluding carboxylic acids is 1. The first-order valence-electron chi connectivity index (χ1n) is 10.1. The van der Waals surface area contributed by atoms with Crippen LogP contribution in [0.4, 0.5) is 5.82 Å². The third kappa shape index (κ3) is 5.10. The van der Waals surface area contributed by atoms with Gasteiger partial charge < -0.3 is 10.1 Å². The number of ketones is 1. The van der Waals surface area contributed by atoms with Gasteiger partial charge in [-0.05, 0) is 29.7 Å². The van der Waals surface area contributed by atoms with Crippen LogP contribution >= 0.6 is 11.3 Å². The topological polar surface area (TPSA) is 76.5 Å². The number of anilines is 1. The maximum atomic E-state index is 11.8. The molecule has 0 fully saturated rings. The molecule has 4 rings (SSSR count). The van der Waals surface area contributed by atoms with Gasteiger partial charge in [0, 0.05) is 17.7 Å². The van der Waals surface area contributed by atoms with Crippen molar-refractivity contribution in [2.45, 2.75) is 27.7 Å². The molecule has 2 aromatic heterocycles. The van der Waals surface area contributed by atoms with Crippen LogP contribution in [0.2, 0.25) is 0 Å². The lowest BCUT2D eigenvalue weighted by Crippen LogP contribution is -2.16. The van der Waals surface area contributed by atoms with E-state index in [1.807, 2.05) is 69.5 Å². The van der Waals surface area contributed by atoms with Crippen LogP contribution in [0.15, 0.2) is 52.5 Å². The number of nitrogens with zero attached hydrogens (tertiary/aromatic N) is 3. The first kappa shape index (κ1) is 21.6. The van der Waals surface area contributed by atoms with Crippen molar-refractivity contribution in [3.8, 4) is 17.1 Å². The summed E-state index contributed by atoms with van der Waals surface area (Å²) in [5, 5.41) is 5.34. The van der Waals surface area contributed by atoms with Crippen LogP contribution in [0.25, 0.3) is 21.6 Å². The smallest absolute Gasteiger partial charge is 0.172 e. The Morgan fingerprint density at radius 2 is 2.07 bits per heavy atom. The first-order chi connectivity index (χ1) is 14.6. The standard InChI is InChI=1S/C21H20N4O2S.C2H6/c1-13(2)18(26)12-27-16-5-3-4-14(10-16)20-24-17-7-9-28-19(17)21(25-20)23-15-6-8-22-11-15;1-2/h3-7,9-11,13H,8,12H2,1-2H3,(H,23,24,25);1-2H3. The minimum atomic E-state index is -0.0467. The van der Waals surface area contributed by atoms with Crippen LogP contribution in [-0.4, -0.2) is 35.1 Å². The van der Waals surface area contributed by atoms with E-state index in [2.05, 4.69) is 15.3 Å². The van der Waals surface area contributed by atoms with Crippen molar-refractivity contribution in [2.24, 2.45) is 10.9 Å². The SMILES string of the molecule is CC.CC(C)C(=O)COc1cccc(-c2nc(NC3=CCN=C3)c3sccc3n2)c1. The van der Waals surface area contributed by atoms with Crippen molar-refractivity contribution in [2.75, 3.05) is 18.5 Å². The minimum Gasteiger partial charge on any atom is -0.486 e. The van der Waals surface area contributed by atoms with E-state index in [1.54, 1.807) is 17.6 Å². The van der Waals surface area contributed by atoms with Gasteiger partial charge in [-0.25, -0.2) is 9.97 Å². The van der Waals surface area contributed by atoms with E-state index in [0.29, 0.717) is 18.1 Å². The van der Waals surface area contributed by atoms with Crippen molar-refractivity contribution in [1.82, 2.24) is 9.97 Å². The Labute approximate surface area is 180 Å². The third-order valence-electron chi connectivity index (χ3n) is 4.33. The third-order valence-corrected chi connectivity index (χ3v) is 5.24. The average molecular weight is 423 g/mol. The Morgan fingerprint density at radius 1 is 1.23 bits per heavy atom. The highest BCUT2D eigenvalue weighted by Gasteiger charge is 2.13. The van der Waals surface area contributed by atoms with Gasteiger partial charge >= 0.3 is 0 Å². The summed E-state index contributed by atoms with van der Waals surface area (Å²) in [4.78, 5) is 25.5. The Kier molecular flexibility index (Phi) is 7.30. The second-order valence-corrected chi connectivity index (χ2v) is 7.66. The van der Waals surface area contributed by atoms with Crippen molar-refractivity contribution < 1.29 is 9.53 Å². The highest BCUT2D eigenvalue weighted by atomic mass is 32.1. The molecule has 30 heavy (non-hydrogen) atoms. The van der Waals surface area contributed by atoms with Crippen molar-refractivity contribution in [3.63, 3.8) is 0 Å². The molecule has 3 heterocycles. The number of fused-ring (bicyclic) bond motifs is 1. The lowest BCUT2D eigenvalue weighted by molar-refractivity contribution is -0.123. The van der Waals surface area contributed by atoms with Gasteiger partial charge in [0.15, 0.2) is 17.4 Å². The van der Waals surface area contributed by atoms with Crippen LogP contribution in [0.5, 0.6) is 5.75 Å². The van der Waals surface area contributed by atoms with E-state index in [4.69, 9.17) is 9.72 Å². The van der Waals surface area contributed by atoms with Gasteiger partial charge in [-0.15, -0.1) is 11.3 Å². The number of nitrogens with one attached hydrogen (secondary N) is 1. The summed E-state index contributed by atoms with van der Waals surface area (Å²) in [5.74, 6) is 2.01. The van der Waals surface area contributed by atoms with Crippen LogP contribution in [-0.2, 0) is 4.79 Å². The van der Waals surface area contributed by atoms with Gasteiger partial charge in [-0.3, -0.25) is 9.79 Å². The molecule has 0 bridgehead atoms. The molecule has 1 aliphatic heterocycles. The summed E-state index contributed by atoms with van der Waals surface area (Å²) in [5.41, 5.74) is 2.65. The number of ether oxygens (including phenoxy) is 1. The van der Waals surface area contributed by atoms with E-state index in [-0.39, 0.29) is 18.3 Å². The zero-order valence-electron chi connectivity index (χ0n) is 17.7. The van der Waals surface area contributed by atoms with E-state index < -0.39 is 0 Å². The fraction of sp³-hybridized carbons (Fsp3) is 0.304. The van der Waals surface area contributed by atoms with Crippen molar-refractivity contribution in [3.05, 3.63) is 47.5 Å². The predicted octanol–water partition coefficient (Wildman–Crippen LogP) is 5.37. The molecule has 0 spiro atoms. The van der Waals surface area contributed by atoms with E-state index in [0.717, 1.165) is 27.3 Å². The predicted molar refractivity (Wildman–Crippen MR) is 125 cm³/mol. The number of benzene rings is 1. The number of allylic oxidation sites excluding steroid dienone is 1. The van der Waals surface area contributed by atoms with E-state index in [9.17, 15) is 4.79 Å². The number of Topliss-reactive ketones (excluding diaryl/α,β-unsaturated/α-hetero) is 1. The zero-order chi connectivity index (χ0) is 21.5. The van der Waals surface area contributed by atoms with Crippen LogP contribution in [0.1, 0.15) is 27.7 Å². The Bertz CT molecular complexity index is 1090. The Morgan fingerprint density at radius 3 is 2.80 bits per heavy atom. The van der Waals surface area contributed by atoms with E-state index >= 15 is 0 Å². The highest BCUT2D eigenvalue weighted by molar-refractivity contribution is 7.17. The molecule has 0 amide bonds. The molecular formula is C23H26N4O2S. The molecular weight excluding hydrogens is 396 g/mol. The second kappa shape index (κ2) is 10.1. The normalized spacial score (nSPS) is 12.5. The number of aromatic nitrogens is 2. The number of hydrogen-bond donors (Lipinski definition) is 1. The molecule has 1 aromatic carbocycles. The Hall–Kier alpha value is -3.06. The molecule has 0 aliphatic carbocycles. The molecule has 0 saturated heterocycles. The number of thiophene rings is 1. The molecule has 7 heteroatoms. The molecule has 0 radical (unpaired) electrons. The van der Waals surface area contributed by atoms with Gasteiger partial charge in [0.05, 0.1) is 22.5 Å². The lowest BCUT2D eigenvalue weighted by Gasteiger charge is -2.10. The summed E-state index contributed by atoms with van der Waals surface area (Å²) in [6, 6.07) is 9.49. The van der Waals surface area contributed by atoms with Gasteiger partial charge in [0.2, 0.25) is 0 Å². The summed E-state index contributed by atoms with van der Waals surface area (Å²) >= 11 is 1.60. The van der Waals surface area contributed by atoms with Gasteiger partial charge in [-0.1, -0.05) is 39.8 Å². The number of carbonyl (C=O) groups is 1. The number of aliphatic imine (C=N–C) groups is 1. The van der Waals surface area contributed by atoms with Crippen LogP contribution in [0, 0.1) is 5.92 Å². The maximum absolute atomic E-state index is 11.8. The fourth-order valence-electron chi connectivity index (χ4n) is 2.70. The van der Waals surface area contributed by atoms with Crippen LogP contribution < -0.4 is 10.1 Å². The lowest BCUT2D eigenvalue weighted by atomic mass is 10.1. The van der Waals surface area contributed by atoms with Crippen molar-refractivity contribution >= 4 is 39.4 Å². The molecule has 0 atom stereocenters. The molecule has 0 saturated carbocycles. The van der Waals surface area contributed by atoms with Gasteiger partial charge in [0.25, 0.3) is 0 Å². The minimum absolute atomic E-state index is 0.0467. The highest BCUT2D eigenvalue weighted by Crippen LogP contribution is 2.31. The summed E-state index contributed by atoms with van der Waals surface area (Å²) in [6.45, 7) is 8.48. The summed E-state index contributed by atoms with van der Waals surface area (Å²) in [7, 11) is 0. The monoisotopic (exact) mass is 422 g/mol. The van der Waals surface area contributed by atoms with Crippen LogP contribution in [0.3, 0.4) is 0 Å².